The smallest absolute Gasteiger partial charge is 0.412 e. The summed E-state index contributed by atoms with van der Waals surface area (Å²) in [6, 6.07) is 6.95. The van der Waals surface area contributed by atoms with E-state index in [1.165, 1.54) is 31.9 Å². The largest absolute Gasteiger partial charge is 0.428 e. The number of aromatic nitrogens is 1. The van der Waals surface area contributed by atoms with E-state index in [0.717, 1.165) is 45.6 Å². The summed E-state index contributed by atoms with van der Waals surface area (Å²) in [5.74, 6) is -0.497. The fourth-order valence-corrected chi connectivity index (χ4v) is 3.76. The zero-order valence-electron chi connectivity index (χ0n) is 26.5. The molecule has 2 aromatic rings. The van der Waals surface area contributed by atoms with E-state index in [0.29, 0.717) is 22.2 Å². The molecule has 1 aromatic heterocycles. The topological polar surface area (TPSA) is 71.6 Å². The number of fused-ring (bicyclic) bond motifs is 1. The lowest BCUT2D eigenvalue weighted by atomic mass is 10.1. The third-order valence-corrected chi connectivity index (χ3v) is 5.96. The van der Waals surface area contributed by atoms with Gasteiger partial charge in [0.2, 0.25) is 6.79 Å². The fourth-order valence-electron chi connectivity index (χ4n) is 3.76. The van der Waals surface area contributed by atoms with Gasteiger partial charge in [0, 0.05) is 42.5 Å². The number of amides is 1. The van der Waals surface area contributed by atoms with Crippen LogP contribution in [-0.4, -0.2) is 42.3 Å². The summed E-state index contributed by atoms with van der Waals surface area (Å²) in [4.78, 5) is 27.9. The van der Waals surface area contributed by atoms with Gasteiger partial charge in [-0.15, -0.1) is 0 Å². The van der Waals surface area contributed by atoms with Gasteiger partial charge < -0.3 is 19.4 Å². The van der Waals surface area contributed by atoms with Crippen molar-refractivity contribution in [1.82, 2.24) is 9.88 Å². The van der Waals surface area contributed by atoms with E-state index in [-0.39, 0.29) is 12.0 Å². The van der Waals surface area contributed by atoms with Crippen molar-refractivity contribution in [3.05, 3.63) is 60.3 Å². The number of hydrogen-bond donors (Lipinski definition) is 1. The highest BCUT2D eigenvalue weighted by Gasteiger charge is 2.12. The van der Waals surface area contributed by atoms with Crippen LogP contribution in [0.5, 0.6) is 0 Å². The number of allylic oxidation sites excluding steroid dienone is 4. The number of benzene rings is 1. The maximum atomic E-state index is 12.4. The molecule has 0 aliphatic carbocycles. The number of hydrogen-bond acceptors (Lipinski definition) is 4. The highest BCUT2D eigenvalue weighted by Crippen LogP contribution is 2.18. The van der Waals surface area contributed by atoms with Crippen LogP contribution in [-0.2, 0) is 20.6 Å². The monoisotopic (exact) mass is 514 g/mol. The standard InChI is InChI=1S/C31H46N2O4/c1-3-4-5-6-7-8-9-10-11-12-13-14-15-16-17-22-30(34)36-26-37-31(35)33(2)24-23-27-25-32-29-21-19-18-20-28(27)29/h7-8,10-11,18-21,25,32H,3-6,9,12-17,22-24,26H2,1-2H3/b8-7-,11-10-/i23D2,24D2. The van der Waals surface area contributed by atoms with Crippen LogP contribution < -0.4 is 0 Å². The molecule has 1 N–H and O–H groups in total. The summed E-state index contributed by atoms with van der Waals surface area (Å²) >= 11 is 0. The van der Waals surface area contributed by atoms with Crippen LogP contribution in [0.1, 0.15) is 95.0 Å². The second-order valence-corrected chi connectivity index (χ2v) is 9.07. The van der Waals surface area contributed by atoms with Gasteiger partial charge in [-0.3, -0.25) is 4.79 Å². The van der Waals surface area contributed by atoms with Gasteiger partial charge in [0.1, 0.15) is 0 Å². The van der Waals surface area contributed by atoms with E-state index in [4.69, 9.17) is 15.0 Å². The first-order chi connectivity index (χ1) is 19.6. The van der Waals surface area contributed by atoms with Crippen molar-refractivity contribution in [3.63, 3.8) is 0 Å². The first kappa shape index (κ1) is 24.3. The Morgan fingerprint density at radius 3 is 2.43 bits per heavy atom. The van der Waals surface area contributed by atoms with Crippen LogP contribution in [0.2, 0.25) is 0 Å². The molecule has 0 aliphatic rings. The van der Waals surface area contributed by atoms with Gasteiger partial charge in [-0.2, -0.15) is 0 Å². The third kappa shape index (κ3) is 13.2. The molecule has 0 spiro atoms. The van der Waals surface area contributed by atoms with Crippen LogP contribution in [0.3, 0.4) is 0 Å². The number of para-hydroxylation sites is 1. The van der Waals surface area contributed by atoms with Gasteiger partial charge in [-0.1, -0.05) is 81.5 Å². The van der Waals surface area contributed by atoms with Gasteiger partial charge in [0.25, 0.3) is 0 Å². The molecule has 6 heteroatoms. The quantitative estimate of drug-likeness (QED) is 0.0890. The first-order valence-electron chi connectivity index (χ1n) is 15.6. The number of carbonyl (C=O) groups is 2. The summed E-state index contributed by atoms with van der Waals surface area (Å²) in [5.41, 5.74) is 0.741. The Hall–Kier alpha value is -3.02. The number of aryl methyl sites for hydroxylation is 1. The molecular weight excluding hydrogens is 464 g/mol. The Morgan fingerprint density at radius 2 is 1.65 bits per heavy atom. The fraction of sp³-hybridized carbons (Fsp3) is 0.548. The van der Waals surface area contributed by atoms with Gasteiger partial charge in [-0.05, 0) is 56.5 Å². The van der Waals surface area contributed by atoms with Crippen LogP contribution >= 0.6 is 0 Å². The molecule has 0 fully saturated rings. The molecule has 0 bridgehead atoms. The maximum Gasteiger partial charge on any atom is 0.412 e. The Labute approximate surface area is 228 Å². The maximum absolute atomic E-state index is 12.4. The van der Waals surface area contributed by atoms with Crippen LogP contribution in [0.15, 0.2) is 54.8 Å². The van der Waals surface area contributed by atoms with Crippen molar-refractivity contribution in [1.29, 1.82) is 0 Å². The SMILES string of the molecule is [2H]C([2H])(c1c[nH]c2ccccc12)C([2H])([2H])N(C)C(=O)OCOC(=O)CCCCCCC/C=C\C/C=C\CCCCC. The average molecular weight is 515 g/mol. The minimum atomic E-state index is -2.75. The van der Waals surface area contributed by atoms with E-state index < -0.39 is 31.7 Å². The Morgan fingerprint density at radius 1 is 0.946 bits per heavy atom. The Bertz CT molecular complexity index is 1130. The Balaban J connectivity index is 1.59. The van der Waals surface area contributed by atoms with Crippen LogP contribution in [0.25, 0.3) is 10.9 Å². The number of nitrogens with one attached hydrogen (secondary N) is 1. The number of aromatic amines is 1. The number of unbranched alkanes of at least 4 members (excludes halogenated alkanes) is 8. The zero-order chi connectivity index (χ0) is 30.1. The predicted molar refractivity (Wildman–Crippen MR) is 151 cm³/mol. The molecule has 0 aliphatic heterocycles. The highest BCUT2D eigenvalue weighted by molar-refractivity contribution is 5.83. The van der Waals surface area contributed by atoms with E-state index in [1.807, 2.05) is 0 Å². The molecule has 1 aromatic carbocycles. The van der Waals surface area contributed by atoms with E-state index in [2.05, 4.69) is 36.2 Å². The Kier molecular flexibility index (Phi) is 12.6. The lowest BCUT2D eigenvalue weighted by molar-refractivity contribution is -0.152. The summed E-state index contributed by atoms with van der Waals surface area (Å²) in [5, 5.41) is 0.519. The van der Waals surface area contributed by atoms with Crippen LogP contribution in [0.4, 0.5) is 4.79 Å². The van der Waals surface area contributed by atoms with Crippen LogP contribution in [0, 0.1) is 0 Å². The van der Waals surface area contributed by atoms with Crippen molar-refractivity contribution in [2.75, 3.05) is 20.3 Å². The van der Waals surface area contributed by atoms with E-state index in [1.54, 1.807) is 24.3 Å². The van der Waals surface area contributed by atoms with E-state index >= 15 is 0 Å². The second kappa shape index (κ2) is 19.1. The van der Waals surface area contributed by atoms with Crippen molar-refractivity contribution in [3.8, 4) is 0 Å². The average Bonchev–Trinajstić information content (AvgIpc) is 3.39. The second-order valence-electron chi connectivity index (χ2n) is 9.07. The first-order valence-corrected chi connectivity index (χ1v) is 13.6. The van der Waals surface area contributed by atoms with Crippen molar-refractivity contribution >= 4 is 23.0 Å². The molecule has 0 atom stereocenters. The number of carbonyl (C=O) groups excluding carboxylic acids is 2. The van der Waals surface area contributed by atoms with Gasteiger partial charge in [0.05, 0.1) is 0 Å². The molecule has 0 saturated heterocycles. The lowest BCUT2D eigenvalue weighted by Crippen LogP contribution is -2.30. The molecular formula is C31H46N2O4. The molecule has 0 radical (unpaired) electrons. The third-order valence-electron chi connectivity index (χ3n) is 5.96. The van der Waals surface area contributed by atoms with Crippen molar-refractivity contribution in [2.24, 2.45) is 0 Å². The van der Waals surface area contributed by atoms with E-state index in [9.17, 15) is 9.59 Å². The molecule has 2 rings (SSSR count). The predicted octanol–water partition coefficient (Wildman–Crippen LogP) is 8.09. The molecule has 37 heavy (non-hydrogen) atoms. The number of rotatable bonds is 19. The molecule has 0 saturated carbocycles. The molecule has 6 nitrogen and oxygen atoms in total. The lowest BCUT2D eigenvalue weighted by Gasteiger charge is -2.16. The molecule has 1 amide bonds. The summed E-state index contributed by atoms with van der Waals surface area (Å²) in [6.45, 7) is -1.19. The summed E-state index contributed by atoms with van der Waals surface area (Å²) in [6.07, 6.45) is 18.8. The number of nitrogens with zero attached hydrogens (tertiary/aromatic N) is 1. The normalized spacial score (nSPS) is 13.9. The van der Waals surface area contributed by atoms with Crippen molar-refractivity contribution in [2.45, 2.75) is 90.3 Å². The number of esters is 1. The number of ether oxygens (including phenoxy) is 2. The van der Waals surface area contributed by atoms with Gasteiger partial charge >= 0.3 is 12.1 Å². The summed E-state index contributed by atoms with van der Waals surface area (Å²) < 4.78 is 43.5. The highest BCUT2D eigenvalue weighted by atomic mass is 16.7. The van der Waals surface area contributed by atoms with Gasteiger partial charge in [0.15, 0.2) is 0 Å². The number of likely N-dealkylation sites (N-methyl/N-ethyl adjacent to an activating group) is 1. The zero-order valence-corrected chi connectivity index (χ0v) is 22.5. The molecule has 0 unspecified atom stereocenters. The summed E-state index contributed by atoms with van der Waals surface area (Å²) in [7, 11) is 1.11. The molecule has 1 heterocycles. The number of H-pyrrole nitrogens is 1. The molecule has 204 valence electrons. The van der Waals surface area contributed by atoms with Gasteiger partial charge in [-0.25, -0.2) is 4.79 Å². The van der Waals surface area contributed by atoms with Crippen molar-refractivity contribution < 1.29 is 24.5 Å². The minimum absolute atomic E-state index is 0.0848. The minimum Gasteiger partial charge on any atom is -0.428 e.